The SMILES string of the molecule is C/C=C(\C)NC(=O)OCOOCO. The summed E-state index contributed by atoms with van der Waals surface area (Å²) in [6, 6.07) is 0. The van der Waals surface area contributed by atoms with Crippen LogP contribution in [0.15, 0.2) is 11.8 Å². The average Bonchev–Trinajstić information content (AvgIpc) is 2.12. The van der Waals surface area contributed by atoms with E-state index in [1.165, 1.54) is 0 Å². The van der Waals surface area contributed by atoms with Crippen molar-refractivity contribution in [2.75, 3.05) is 13.6 Å². The lowest BCUT2D eigenvalue weighted by atomic mass is 10.5. The number of carbonyl (C=O) groups is 1. The first-order chi connectivity index (χ1) is 6.20. The lowest BCUT2D eigenvalue weighted by Crippen LogP contribution is -2.23. The Balaban J connectivity index is 3.41. The van der Waals surface area contributed by atoms with E-state index in [2.05, 4.69) is 19.8 Å². The normalized spacial score (nSPS) is 11.2. The van der Waals surface area contributed by atoms with Gasteiger partial charge in [-0.3, -0.25) is 5.32 Å². The minimum atomic E-state index is -0.642. The summed E-state index contributed by atoms with van der Waals surface area (Å²) in [6.45, 7) is 2.54. The Morgan fingerprint density at radius 2 is 2.23 bits per heavy atom. The van der Waals surface area contributed by atoms with E-state index in [0.717, 1.165) is 0 Å². The highest BCUT2D eigenvalue weighted by Gasteiger charge is 2.00. The molecule has 0 rings (SSSR count). The lowest BCUT2D eigenvalue weighted by molar-refractivity contribution is -0.355. The minimum Gasteiger partial charge on any atom is -0.419 e. The topological polar surface area (TPSA) is 77.0 Å². The zero-order chi connectivity index (χ0) is 10.1. The number of aliphatic hydroxyl groups is 1. The standard InChI is InChI=1S/C7H13NO5/c1-3-6(2)8-7(10)11-5-13-12-4-9/h3,9H,4-5H2,1-2H3,(H,8,10)/b6-3+. The summed E-state index contributed by atoms with van der Waals surface area (Å²) in [5.74, 6) is 0. The van der Waals surface area contributed by atoms with Crippen LogP contribution in [0.3, 0.4) is 0 Å². The Bertz CT molecular complexity index is 180. The van der Waals surface area contributed by atoms with E-state index in [4.69, 9.17) is 5.11 Å². The number of rotatable bonds is 5. The summed E-state index contributed by atoms with van der Waals surface area (Å²) >= 11 is 0. The Labute approximate surface area is 76.0 Å². The van der Waals surface area contributed by atoms with E-state index >= 15 is 0 Å². The van der Waals surface area contributed by atoms with Crippen molar-refractivity contribution in [2.24, 2.45) is 0 Å². The number of alkyl carbamates (subject to hydrolysis) is 1. The summed E-state index contributed by atoms with van der Waals surface area (Å²) in [7, 11) is 0. The van der Waals surface area contributed by atoms with Gasteiger partial charge in [-0.05, 0) is 13.8 Å². The highest BCUT2D eigenvalue weighted by molar-refractivity contribution is 5.69. The van der Waals surface area contributed by atoms with Gasteiger partial charge in [0, 0.05) is 5.70 Å². The van der Waals surface area contributed by atoms with Crippen molar-refractivity contribution in [3.63, 3.8) is 0 Å². The highest BCUT2D eigenvalue weighted by atomic mass is 17.2. The van der Waals surface area contributed by atoms with Crippen LogP contribution in [0, 0.1) is 0 Å². The summed E-state index contributed by atoms with van der Waals surface area (Å²) < 4.78 is 4.47. The Morgan fingerprint density at radius 1 is 1.54 bits per heavy atom. The summed E-state index contributed by atoms with van der Waals surface area (Å²) in [4.78, 5) is 19.1. The molecule has 0 saturated carbocycles. The van der Waals surface area contributed by atoms with Crippen molar-refractivity contribution in [2.45, 2.75) is 13.8 Å². The molecular formula is C7H13NO5. The number of aliphatic hydroxyl groups excluding tert-OH is 1. The molecule has 0 aromatic rings. The zero-order valence-corrected chi connectivity index (χ0v) is 7.57. The third kappa shape index (κ3) is 7.26. The Kier molecular flexibility index (Phi) is 6.89. The maximum Gasteiger partial charge on any atom is 0.413 e. The van der Waals surface area contributed by atoms with Crippen LogP contribution in [-0.2, 0) is 14.5 Å². The molecule has 0 spiro atoms. The first-order valence-electron chi connectivity index (χ1n) is 3.62. The maximum absolute atomic E-state index is 10.8. The molecule has 0 bridgehead atoms. The van der Waals surface area contributed by atoms with Gasteiger partial charge < -0.3 is 9.84 Å². The fourth-order valence-electron chi connectivity index (χ4n) is 0.418. The minimum absolute atomic E-state index is 0.372. The van der Waals surface area contributed by atoms with Crippen LogP contribution in [0.25, 0.3) is 0 Å². The third-order valence-electron chi connectivity index (χ3n) is 1.11. The van der Waals surface area contributed by atoms with Gasteiger partial charge in [-0.2, -0.15) is 4.89 Å². The second kappa shape index (κ2) is 7.53. The third-order valence-corrected chi connectivity index (χ3v) is 1.11. The van der Waals surface area contributed by atoms with Crippen molar-refractivity contribution in [3.05, 3.63) is 11.8 Å². The maximum atomic E-state index is 10.8. The molecule has 13 heavy (non-hydrogen) atoms. The monoisotopic (exact) mass is 191 g/mol. The Morgan fingerprint density at radius 3 is 2.77 bits per heavy atom. The van der Waals surface area contributed by atoms with Crippen LogP contribution < -0.4 is 5.32 Å². The molecule has 76 valence electrons. The van der Waals surface area contributed by atoms with Crippen LogP contribution in [0.4, 0.5) is 4.79 Å². The van der Waals surface area contributed by atoms with Gasteiger partial charge in [-0.25, -0.2) is 9.68 Å². The van der Waals surface area contributed by atoms with Crippen molar-refractivity contribution in [3.8, 4) is 0 Å². The predicted octanol–water partition coefficient (Wildman–Crippen LogP) is 0.492. The van der Waals surface area contributed by atoms with Crippen LogP contribution in [0.2, 0.25) is 0 Å². The van der Waals surface area contributed by atoms with Crippen molar-refractivity contribution >= 4 is 6.09 Å². The smallest absolute Gasteiger partial charge is 0.413 e. The van der Waals surface area contributed by atoms with Gasteiger partial charge in [-0.15, -0.1) is 0 Å². The zero-order valence-electron chi connectivity index (χ0n) is 7.57. The van der Waals surface area contributed by atoms with E-state index in [1.54, 1.807) is 19.9 Å². The van der Waals surface area contributed by atoms with Gasteiger partial charge in [0.15, 0.2) is 6.79 Å². The van der Waals surface area contributed by atoms with Crippen LogP contribution in [0.5, 0.6) is 0 Å². The van der Waals surface area contributed by atoms with Crippen molar-refractivity contribution in [1.82, 2.24) is 5.32 Å². The number of hydrogen-bond acceptors (Lipinski definition) is 5. The van der Waals surface area contributed by atoms with E-state index in [1.807, 2.05) is 0 Å². The summed E-state index contributed by atoms with van der Waals surface area (Å²) in [5, 5.41) is 10.5. The van der Waals surface area contributed by atoms with Crippen molar-refractivity contribution < 1.29 is 24.4 Å². The largest absolute Gasteiger partial charge is 0.419 e. The Hall–Kier alpha value is -1.11. The molecule has 0 aliphatic rings. The van der Waals surface area contributed by atoms with E-state index in [9.17, 15) is 4.79 Å². The highest BCUT2D eigenvalue weighted by Crippen LogP contribution is 1.88. The van der Waals surface area contributed by atoms with Crippen LogP contribution in [-0.4, -0.2) is 24.8 Å². The average molecular weight is 191 g/mol. The molecule has 2 N–H and O–H groups in total. The number of amides is 1. The predicted molar refractivity (Wildman–Crippen MR) is 43.2 cm³/mol. The molecule has 0 radical (unpaired) electrons. The molecule has 1 amide bonds. The molecule has 0 fully saturated rings. The molecule has 0 aliphatic carbocycles. The molecule has 0 saturated heterocycles. The van der Waals surface area contributed by atoms with Gasteiger partial charge in [0.1, 0.15) is 0 Å². The number of ether oxygens (including phenoxy) is 1. The van der Waals surface area contributed by atoms with E-state index < -0.39 is 12.9 Å². The van der Waals surface area contributed by atoms with Crippen molar-refractivity contribution in [1.29, 1.82) is 0 Å². The number of nitrogens with one attached hydrogen (secondary N) is 1. The number of carbonyl (C=O) groups excluding carboxylic acids is 1. The van der Waals surface area contributed by atoms with Gasteiger partial charge in [0.25, 0.3) is 0 Å². The van der Waals surface area contributed by atoms with E-state index in [0.29, 0.717) is 5.70 Å². The van der Waals surface area contributed by atoms with Gasteiger partial charge in [0.05, 0.1) is 0 Å². The number of allylic oxidation sites excluding steroid dienone is 2. The second-order valence-electron chi connectivity index (χ2n) is 2.01. The number of hydrogen-bond donors (Lipinski definition) is 2. The molecule has 0 heterocycles. The molecule has 0 atom stereocenters. The fourth-order valence-corrected chi connectivity index (χ4v) is 0.418. The summed E-state index contributed by atoms with van der Waals surface area (Å²) in [6.07, 6.45) is 1.07. The summed E-state index contributed by atoms with van der Waals surface area (Å²) in [5.41, 5.74) is 0.674. The molecule has 0 aromatic carbocycles. The second-order valence-corrected chi connectivity index (χ2v) is 2.01. The van der Waals surface area contributed by atoms with Gasteiger partial charge >= 0.3 is 6.09 Å². The molecule has 0 aliphatic heterocycles. The van der Waals surface area contributed by atoms with E-state index in [-0.39, 0.29) is 6.79 Å². The first-order valence-corrected chi connectivity index (χ1v) is 3.62. The van der Waals surface area contributed by atoms with Gasteiger partial charge in [0.2, 0.25) is 6.79 Å². The first kappa shape index (κ1) is 11.9. The fraction of sp³-hybridized carbons (Fsp3) is 0.571. The van der Waals surface area contributed by atoms with Crippen LogP contribution >= 0.6 is 0 Å². The molecular weight excluding hydrogens is 178 g/mol. The molecule has 6 heteroatoms. The quantitative estimate of drug-likeness (QED) is 0.286. The lowest BCUT2D eigenvalue weighted by Gasteiger charge is -2.05. The molecule has 0 aromatic heterocycles. The van der Waals surface area contributed by atoms with Gasteiger partial charge in [-0.1, -0.05) is 6.08 Å². The molecule has 6 nitrogen and oxygen atoms in total. The van der Waals surface area contributed by atoms with Crippen LogP contribution in [0.1, 0.15) is 13.8 Å². The molecule has 0 unspecified atom stereocenters.